The SMILES string of the molecule is CCN.CN(C=O)Cc1cccc(-c2cnc(NCc3ccc4nccn4c3)nc2)c1. The third-order valence-electron chi connectivity index (χ3n) is 4.42. The van der Waals surface area contributed by atoms with Crippen molar-refractivity contribution < 1.29 is 4.79 Å². The van der Waals surface area contributed by atoms with Crippen LogP contribution in [-0.4, -0.2) is 44.3 Å². The monoisotopic (exact) mass is 417 g/mol. The first-order valence-corrected chi connectivity index (χ1v) is 10.1. The number of anilines is 1. The molecule has 3 aromatic heterocycles. The van der Waals surface area contributed by atoms with Crippen molar-refractivity contribution in [2.45, 2.75) is 20.0 Å². The summed E-state index contributed by atoms with van der Waals surface area (Å²) >= 11 is 0. The molecule has 0 aliphatic rings. The van der Waals surface area contributed by atoms with Crippen molar-refractivity contribution in [1.29, 1.82) is 0 Å². The van der Waals surface area contributed by atoms with Gasteiger partial charge in [-0.1, -0.05) is 31.2 Å². The summed E-state index contributed by atoms with van der Waals surface area (Å²) in [4.78, 5) is 25.5. The second-order valence-electron chi connectivity index (χ2n) is 7.01. The summed E-state index contributed by atoms with van der Waals surface area (Å²) in [5.74, 6) is 0.575. The summed E-state index contributed by atoms with van der Waals surface area (Å²) < 4.78 is 1.98. The normalized spacial score (nSPS) is 10.3. The summed E-state index contributed by atoms with van der Waals surface area (Å²) in [7, 11) is 1.76. The number of hydrogen-bond acceptors (Lipinski definition) is 6. The molecule has 1 amide bonds. The Labute approximate surface area is 181 Å². The molecule has 3 N–H and O–H groups in total. The van der Waals surface area contributed by atoms with Crippen molar-refractivity contribution >= 4 is 18.0 Å². The smallest absolute Gasteiger partial charge is 0.222 e. The number of hydrogen-bond donors (Lipinski definition) is 2. The number of nitrogens with two attached hydrogens (primary N) is 1. The van der Waals surface area contributed by atoms with Crippen LogP contribution in [0, 0.1) is 0 Å². The molecule has 0 fully saturated rings. The quantitative estimate of drug-likeness (QED) is 0.448. The van der Waals surface area contributed by atoms with Crippen LogP contribution in [-0.2, 0) is 17.9 Å². The Bertz CT molecular complexity index is 1110. The Morgan fingerprint density at radius 1 is 1.10 bits per heavy atom. The van der Waals surface area contributed by atoms with E-state index >= 15 is 0 Å². The zero-order chi connectivity index (χ0) is 22.1. The van der Waals surface area contributed by atoms with Crippen LogP contribution in [0.5, 0.6) is 0 Å². The van der Waals surface area contributed by atoms with Gasteiger partial charge in [0.05, 0.1) is 0 Å². The minimum absolute atomic E-state index is 0.569. The number of benzene rings is 1. The summed E-state index contributed by atoms with van der Waals surface area (Å²) in [6, 6.07) is 12.0. The van der Waals surface area contributed by atoms with Crippen LogP contribution in [0.25, 0.3) is 16.8 Å². The molecule has 3 heterocycles. The van der Waals surface area contributed by atoms with Crippen molar-refractivity contribution in [2.24, 2.45) is 5.73 Å². The molecule has 31 heavy (non-hydrogen) atoms. The number of amides is 1. The van der Waals surface area contributed by atoms with Gasteiger partial charge in [0.15, 0.2) is 0 Å². The molecule has 4 aromatic rings. The van der Waals surface area contributed by atoms with E-state index in [1.165, 1.54) is 0 Å². The van der Waals surface area contributed by atoms with Gasteiger partial charge in [0.25, 0.3) is 0 Å². The molecule has 0 bridgehead atoms. The number of rotatable bonds is 7. The number of nitrogens with one attached hydrogen (secondary N) is 1. The second kappa shape index (κ2) is 10.8. The molecule has 0 unspecified atom stereocenters. The molecular formula is C23H27N7O. The first-order chi connectivity index (χ1) is 15.1. The van der Waals surface area contributed by atoms with Crippen LogP contribution in [0.1, 0.15) is 18.1 Å². The second-order valence-corrected chi connectivity index (χ2v) is 7.01. The highest BCUT2D eigenvalue weighted by molar-refractivity contribution is 5.63. The van der Waals surface area contributed by atoms with Gasteiger partial charge in [0.1, 0.15) is 5.65 Å². The van der Waals surface area contributed by atoms with Gasteiger partial charge in [-0.25, -0.2) is 15.0 Å². The lowest BCUT2D eigenvalue weighted by atomic mass is 10.1. The van der Waals surface area contributed by atoms with Crippen LogP contribution in [0.15, 0.2) is 67.4 Å². The van der Waals surface area contributed by atoms with E-state index < -0.39 is 0 Å². The Hall–Kier alpha value is -3.78. The molecule has 0 aliphatic heterocycles. The molecule has 4 rings (SSSR count). The Morgan fingerprint density at radius 3 is 2.61 bits per heavy atom. The maximum Gasteiger partial charge on any atom is 0.222 e. The highest BCUT2D eigenvalue weighted by atomic mass is 16.1. The Kier molecular flexibility index (Phi) is 7.67. The third kappa shape index (κ3) is 6.10. The topological polar surface area (TPSA) is 101 Å². The van der Waals surface area contributed by atoms with Gasteiger partial charge >= 0.3 is 0 Å². The predicted molar refractivity (Wildman–Crippen MR) is 122 cm³/mol. The number of pyridine rings is 1. The predicted octanol–water partition coefficient (Wildman–Crippen LogP) is 2.96. The van der Waals surface area contributed by atoms with Crippen molar-refractivity contribution in [2.75, 3.05) is 18.9 Å². The molecule has 1 aromatic carbocycles. The highest BCUT2D eigenvalue weighted by Gasteiger charge is 2.04. The molecule has 0 saturated carbocycles. The number of fused-ring (bicyclic) bond motifs is 1. The summed E-state index contributed by atoms with van der Waals surface area (Å²) in [5.41, 5.74) is 9.90. The summed E-state index contributed by atoms with van der Waals surface area (Å²) in [5, 5.41) is 3.24. The molecule has 8 heteroatoms. The molecule has 0 aliphatic carbocycles. The number of carbonyl (C=O) groups is 1. The Balaban J connectivity index is 0.000000858. The largest absolute Gasteiger partial charge is 0.350 e. The summed E-state index contributed by atoms with van der Waals surface area (Å²) in [6.45, 7) is 3.85. The first kappa shape index (κ1) is 21.9. The number of nitrogens with zero attached hydrogens (tertiary/aromatic N) is 5. The average Bonchev–Trinajstić information content (AvgIpc) is 3.27. The first-order valence-electron chi connectivity index (χ1n) is 10.1. The van der Waals surface area contributed by atoms with Gasteiger partial charge in [-0.3, -0.25) is 4.79 Å². The number of aromatic nitrogens is 4. The maximum absolute atomic E-state index is 10.8. The summed E-state index contributed by atoms with van der Waals surface area (Å²) in [6.07, 6.45) is 10.2. The van der Waals surface area contributed by atoms with E-state index in [4.69, 9.17) is 5.73 Å². The van der Waals surface area contributed by atoms with Gasteiger partial charge in [-0.15, -0.1) is 0 Å². The number of imidazole rings is 1. The fourth-order valence-corrected chi connectivity index (χ4v) is 2.99. The van der Waals surface area contributed by atoms with Crippen LogP contribution in [0.4, 0.5) is 5.95 Å². The fraction of sp³-hybridized carbons (Fsp3) is 0.217. The van der Waals surface area contributed by atoms with Gasteiger partial charge in [-0.05, 0) is 35.4 Å². The average molecular weight is 418 g/mol. The highest BCUT2D eigenvalue weighted by Crippen LogP contribution is 2.20. The molecule has 0 spiro atoms. The van der Waals surface area contributed by atoms with Crippen LogP contribution in [0.3, 0.4) is 0 Å². The zero-order valence-corrected chi connectivity index (χ0v) is 17.8. The molecule has 160 valence electrons. The van der Waals surface area contributed by atoms with Crippen LogP contribution < -0.4 is 11.1 Å². The van der Waals surface area contributed by atoms with Gasteiger partial charge in [0.2, 0.25) is 12.4 Å². The van der Waals surface area contributed by atoms with Crippen LogP contribution >= 0.6 is 0 Å². The lowest BCUT2D eigenvalue weighted by Crippen LogP contribution is -2.14. The molecule has 0 saturated heterocycles. The van der Waals surface area contributed by atoms with E-state index in [0.29, 0.717) is 19.0 Å². The van der Waals surface area contributed by atoms with E-state index in [-0.39, 0.29) is 0 Å². The molecule has 8 nitrogen and oxygen atoms in total. The molecule has 0 radical (unpaired) electrons. The minimum atomic E-state index is 0.569. The molecule has 0 atom stereocenters. The minimum Gasteiger partial charge on any atom is -0.350 e. The van der Waals surface area contributed by atoms with Gasteiger partial charge in [-0.2, -0.15) is 0 Å². The van der Waals surface area contributed by atoms with E-state index in [2.05, 4.69) is 20.3 Å². The van der Waals surface area contributed by atoms with E-state index in [1.54, 1.807) is 30.5 Å². The number of carbonyl (C=O) groups excluding carboxylic acids is 1. The van der Waals surface area contributed by atoms with Crippen molar-refractivity contribution in [3.63, 3.8) is 0 Å². The van der Waals surface area contributed by atoms with E-state index in [1.807, 2.05) is 60.1 Å². The Morgan fingerprint density at radius 2 is 1.87 bits per heavy atom. The third-order valence-corrected chi connectivity index (χ3v) is 4.42. The standard InChI is InChI=1S/C21H20N6O.C2H7N/c1-26(15-28)13-16-3-2-4-18(9-16)19-11-24-21(25-12-19)23-10-17-5-6-20-22-7-8-27(20)14-17;1-2-3/h2-9,11-12,14-15H,10,13H2,1H3,(H,23,24,25);2-3H2,1H3. The molecular weight excluding hydrogens is 390 g/mol. The van der Waals surface area contributed by atoms with Gasteiger partial charge in [0, 0.05) is 56.7 Å². The lowest BCUT2D eigenvalue weighted by molar-refractivity contribution is -0.117. The van der Waals surface area contributed by atoms with E-state index in [0.717, 1.165) is 40.9 Å². The van der Waals surface area contributed by atoms with Crippen molar-refractivity contribution in [3.05, 3.63) is 78.5 Å². The fourth-order valence-electron chi connectivity index (χ4n) is 2.99. The van der Waals surface area contributed by atoms with Crippen molar-refractivity contribution in [3.8, 4) is 11.1 Å². The van der Waals surface area contributed by atoms with E-state index in [9.17, 15) is 4.79 Å². The maximum atomic E-state index is 10.8. The lowest BCUT2D eigenvalue weighted by Gasteiger charge is -2.11. The zero-order valence-electron chi connectivity index (χ0n) is 17.8. The van der Waals surface area contributed by atoms with Crippen molar-refractivity contribution in [1.82, 2.24) is 24.3 Å². The van der Waals surface area contributed by atoms with Gasteiger partial charge < -0.3 is 20.4 Å². The van der Waals surface area contributed by atoms with Crippen LogP contribution in [0.2, 0.25) is 0 Å².